The summed E-state index contributed by atoms with van der Waals surface area (Å²) in [6, 6.07) is 7.16. The van der Waals surface area contributed by atoms with Crippen molar-refractivity contribution in [3.8, 4) is 0 Å². The Morgan fingerprint density at radius 1 is 1.35 bits per heavy atom. The van der Waals surface area contributed by atoms with Crippen LogP contribution < -0.4 is 4.90 Å². The second kappa shape index (κ2) is 7.61. The molecule has 7 heteroatoms. The van der Waals surface area contributed by atoms with Gasteiger partial charge in [0.25, 0.3) is 5.24 Å². The van der Waals surface area contributed by atoms with Gasteiger partial charge in [0.05, 0.1) is 12.3 Å². The molecule has 1 N–H and O–H groups in total. The average molecular weight is 336 g/mol. The van der Waals surface area contributed by atoms with E-state index in [-0.39, 0.29) is 36.6 Å². The van der Waals surface area contributed by atoms with Crippen LogP contribution in [0.5, 0.6) is 0 Å². The first-order chi connectivity index (χ1) is 11.0. The Kier molecular flexibility index (Phi) is 5.79. The number of hydrogen-bond donors (Lipinski definition) is 1. The zero-order valence-corrected chi connectivity index (χ0v) is 14.0. The van der Waals surface area contributed by atoms with Crippen LogP contribution in [0.2, 0.25) is 0 Å². The molecule has 6 nitrogen and oxygen atoms in total. The molecule has 1 aromatic rings. The number of hydrogen-bond acceptors (Lipinski definition) is 5. The highest BCUT2D eigenvalue weighted by Crippen LogP contribution is 2.35. The maximum atomic E-state index is 12.5. The fourth-order valence-electron chi connectivity index (χ4n) is 2.49. The van der Waals surface area contributed by atoms with E-state index in [1.165, 1.54) is 4.90 Å². The quantitative estimate of drug-likeness (QED) is 0.857. The molecular formula is C16H20N2O4S. The topological polar surface area (TPSA) is 77.9 Å². The number of rotatable bonds is 6. The minimum atomic E-state index is -0.706. The standard InChI is InChI=1S/C16H20N2O4S/c1-3-17(8-9-19)14(20)10-13-15(21)18(16(22)23-13)12-7-5-4-6-11(12)2/h4-7,13,19H,3,8-10H2,1-2H3. The van der Waals surface area contributed by atoms with Gasteiger partial charge in [-0.15, -0.1) is 0 Å². The molecule has 0 aliphatic carbocycles. The smallest absolute Gasteiger partial charge is 0.293 e. The second-order valence-corrected chi connectivity index (χ2v) is 6.39. The number of carbonyl (C=O) groups is 3. The molecule has 1 atom stereocenters. The number of aliphatic hydroxyl groups is 1. The van der Waals surface area contributed by atoms with Crippen LogP contribution in [0.15, 0.2) is 24.3 Å². The third kappa shape index (κ3) is 3.73. The molecule has 2 rings (SSSR count). The van der Waals surface area contributed by atoms with Crippen molar-refractivity contribution in [2.24, 2.45) is 0 Å². The summed E-state index contributed by atoms with van der Waals surface area (Å²) in [4.78, 5) is 39.6. The first-order valence-electron chi connectivity index (χ1n) is 7.48. The van der Waals surface area contributed by atoms with Gasteiger partial charge in [-0.25, -0.2) is 4.90 Å². The molecule has 23 heavy (non-hydrogen) atoms. The van der Waals surface area contributed by atoms with Gasteiger partial charge in [-0.05, 0) is 37.2 Å². The van der Waals surface area contributed by atoms with Crippen LogP contribution in [-0.4, -0.2) is 52.0 Å². The van der Waals surface area contributed by atoms with E-state index in [9.17, 15) is 14.4 Å². The van der Waals surface area contributed by atoms with Gasteiger partial charge in [0.2, 0.25) is 11.8 Å². The van der Waals surface area contributed by atoms with Crippen molar-refractivity contribution in [3.63, 3.8) is 0 Å². The number of carbonyl (C=O) groups excluding carboxylic acids is 3. The normalized spacial score (nSPS) is 17.7. The summed E-state index contributed by atoms with van der Waals surface area (Å²) < 4.78 is 0. The first kappa shape index (κ1) is 17.5. The fourth-order valence-corrected chi connectivity index (χ4v) is 3.46. The average Bonchev–Trinajstić information content (AvgIpc) is 2.79. The lowest BCUT2D eigenvalue weighted by atomic mass is 10.1. The third-order valence-electron chi connectivity index (χ3n) is 3.74. The molecule has 1 unspecified atom stereocenters. The highest BCUT2D eigenvalue weighted by molar-refractivity contribution is 8.15. The SMILES string of the molecule is CCN(CCO)C(=O)CC1SC(=O)N(c2ccccc2C)C1=O. The van der Waals surface area contributed by atoms with Gasteiger partial charge in [0, 0.05) is 19.5 Å². The minimum absolute atomic E-state index is 0.0362. The Labute approximate surface area is 139 Å². The Bertz CT molecular complexity index is 620. The first-order valence-corrected chi connectivity index (χ1v) is 8.36. The van der Waals surface area contributed by atoms with E-state index in [1.807, 2.05) is 26.0 Å². The summed E-state index contributed by atoms with van der Waals surface area (Å²) in [5.41, 5.74) is 1.39. The molecule has 0 spiro atoms. The zero-order valence-electron chi connectivity index (χ0n) is 13.2. The van der Waals surface area contributed by atoms with Gasteiger partial charge in [0.1, 0.15) is 5.25 Å². The highest BCUT2D eigenvalue weighted by atomic mass is 32.2. The van der Waals surface area contributed by atoms with E-state index < -0.39 is 5.25 Å². The minimum Gasteiger partial charge on any atom is -0.395 e. The number of para-hydroxylation sites is 1. The lowest BCUT2D eigenvalue weighted by Crippen LogP contribution is -2.38. The summed E-state index contributed by atoms with van der Waals surface area (Å²) in [6.45, 7) is 4.21. The van der Waals surface area contributed by atoms with Crippen LogP contribution in [0.4, 0.5) is 10.5 Å². The van der Waals surface area contributed by atoms with Crippen molar-refractivity contribution in [3.05, 3.63) is 29.8 Å². The number of anilines is 1. The molecule has 1 fully saturated rings. The molecule has 0 bridgehead atoms. The maximum absolute atomic E-state index is 12.5. The van der Waals surface area contributed by atoms with Gasteiger partial charge >= 0.3 is 0 Å². The van der Waals surface area contributed by atoms with E-state index in [0.717, 1.165) is 22.2 Å². The molecule has 1 saturated heterocycles. The molecule has 1 heterocycles. The summed E-state index contributed by atoms with van der Waals surface area (Å²) in [5, 5.41) is 7.90. The number of nitrogens with zero attached hydrogens (tertiary/aromatic N) is 2. The van der Waals surface area contributed by atoms with Crippen LogP contribution in [0.3, 0.4) is 0 Å². The Hall–Kier alpha value is -1.86. The van der Waals surface area contributed by atoms with Crippen molar-refractivity contribution >= 4 is 34.5 Å². The molecule has 0 radical (unpaired) electrons. The largest absolute Gasteiger partial charge is 0.395 e. The molecule has 124 valence electrons. The molecule has 1 aromatic carbocycles. The monoisotopic (exact) mass is 336 g/mol. The number of benzene rings is 1. The van der Waals surface area contributed by atoms with Gasteiger partial charge in [0.15, 0.2) is 0 Å². The summed E-state index contributed by atoms with van der Waals surface area (Å²) >= 11 is 0.887. The Balaban J connectivity index is 2.13. The summed E-state index contributed by atoms with van der Waals surface area (Å²) in [7, 11) is 0. The van der Waals surface area contributed by atoms with Gasteiger partial charge < -0.3 is 10.0 Å². The van der Waals surface area contributed by atoms with Gasteiger partial charge in [-0.2, -0.15) is 0 Å². The van der Waals surface area contributed by atoms with E-state index in [2.05, 4.69) is 0 Å². The molecule has 0 saturated carbocycles. The van der Waals surface area contributed by atoms with E-state index in [1.54, 1.807) is 12.1 Å². The molecule has 1 aliphatic rings. The van der Waals surface area contributed by atoms with Crippen LogP contribution in [-0.2, 0) is 9.59 Å². The number of thioether (sulfide) groups is 1. The predicted octanol–water partition coefficient (Wildman–Crippen LogP) is 1.79. The van der Waals surface area contributed by atoms with Crippen molar-refractivity contribution in [1.29, 1.82) is 0 Å². The number of imide groups is 1. The highest BCUT2D eigenvalue weighted by Gasteiger charge is 2.42. The van der Waals surface area contributed by atoms with Gasteiger partial charge in [-0.3, -0.25) is 14.4 Å². The van der Waals surface area contributed by atoms with E-state index in [4.69, 9.17) is 5.11 Å². The summed E-state index contributed by atoms with van der Waals surface area (Å²) in [6.07, 6.45) is -0.0362. The fraction of sp³-hybridized carbons (Fsp3) is 0.438. The van der Waals surface area contributed by atoms with Crippen molar-refractivity contribution < 1.29 is 19.5 Å². The third-order valence-corrected chi connectivity index (χ3v) is 4.78. The van der Waals surface area contributed by atoms with Crippen LogP contribution in [0.25, 0.3) is 0 Å². The van der Waals surface area contributed by atoms with Crippen molar-refractivity contribution in [1.82, 2.24) is 4.90 Å². The lowest BCUT2D eigenvalue weighted by molar-refractivity contribution is -0.133. The van der Waals surface area contributed by atoms with Crippen LogP contribution in [0, 0.1) is 6.92 Å². The van der Waals surface area contributed by atoms with Crippen molar-refractivity contribution in [2.45, 2.75) is 25.5 Å². The molecule has 0 aromatic heterocycles. The Morgan fingerprint density at radius 2 is 2.04 bits per heavy atom. The Morgan fingerprint density at radius 3 is 2.65 bits per heavy atom. The second-order valence-electron chi connectivity index (χ2n) is 5.23. The predicted molar refractivity (Wildman–Crippen MR) is 89.4 cm³/mol. The number of aliphatic hydroxyl groups excluding tert-OH is 1. The molecular weight excluding hydrogens is 316 g/mol. The zero-order chi connectivity index (χ0) is 17.0. The number of aryl methyl sites for hydroxylation is 1. The lowest BCUT2D eigenvalue weighted by Gasteiger charge is -2.21. The van der Waals surface area contributed by atoms with Crippen LogP contribution in [0.1, 0.15) is 18.9 Å². The van der Waals surface area contributed by atoms with E-state index in [0.29, 0.717) is 12.2 Å². The van der Waals surface area contributed by atoms with E-state index >= 15 is 0 Å². The molecule has 3 amide bonds. The molecule has 1 aliphatic heterocycles. The number of amides is 3. The summed E-state index contributed by atoms with van der Waals surface area (Å²) in [5.74, 6) is -0.588. The van der Waals surface area contributed by atoms with Gasteiger partial charge in [-0.1, -0.05) is 18.2 Å². The van der Waals surface area contributed by atoms with Crippen LogP contribution >= 0.6 is 11.8 Å². The number of likely N-dealkylation sites (N-methyl/N-ethyl adjacent to an activating group) is 1. The maximum Gasteiger partial charge on any atom is 0.293 e. The van der Waals surface area contributed by atoms with Crippen molar-refractivity contribution in [2.75, 3.05) is 24.6 Å².